The standard InChI is InChI=1S/C40H23NS2.C24H15Br.C17H10S2.2CH4/c1-2-12-25-23-26(22-21-24(25)11-1)35-27-13-3-5-15-29(27)36(30-16-6-4-14-28(30)35)41-37-31-17-7-9-19-33(31)42-39(37)40-38(41)32-18-8-10-20-34(32)43-40;25-24-21-11-5-3-9-19(21)23(20-10-4-6-12-22(20)24)18-14-13-16-7-1-2-8-17(16)15-18;1-3-7-14-10(5-1)12-9-13-11-6-2-4-8-15(11)19-17(13)16(12)18-14;;/h1-23H;1-15H;1-8H,9H2;2*1H4. The Kier molecular flexibility index (Phi) is 13.7. The van der Waals surface area contributed by atoms with E-state index in [1.54, 1.807) is 11.1 Å². The molecule has 89 heavy (non-hydrogen) atoms. The second-order valence-electron chi connectivity index (χ2n) is 22.6. The van der Waals surface area contributed by atoms with E-state index in [0.29, 0.717) is 0 Å². The average Bonchev–Trinajstić information content (AvgIpc) is 1.57. The van der Waals surface area contributed by atoms with E-state index in [1.165, 1.54) is 168 Å². The van der Waals surface area contributed by atoms with Gasteiger partial charge in [0.25, 0.3) is 0 Å². The molecule has 0 amide bonds. The van der Waals surface area contributed by atoms with Gasteiger partial charge in [-0.05, 0) is 150 Å². The third-order valence-electron chi connectivity index (χ3n) is 17.8. The molecule has 5 heterocycles. The highest BCUT2D eigenvalue weighted by molar-refractivity contribution is 9.10. The van der Waals surface area contributed by atoms with Crippen molar-refractivity contribution >= 4 is 187 Å². The summed E-state index contributed by atoms with van der Waals surface area (Å²) in [6, 6.07) is 102. The molecule has 0 spiro atoms. The zero-order chi connectivity index (χ0) is 57.3. The first-order chi connectivity index (χ1) is 43.1. The van der Waals surface area contributed by atoms with E-state index in [0.717, 1.165) is 6.42 Å². The van der Waals surface area contributed by atoms with Crippen molar-refractivity contribution in [3.8, 4) is 37.7 Å². The summed E-state index contributed by atoms with van der Waals surface area (Å²) in [5.74, 6) is 0. The van der Waals surface area contributed by atoms with Gasteiger partial charge in [0, 0.05) is 61.0 Å². The van der Waals surface area contributed by atoms with Crippen molar-refractivity contribution in [2.45, 2.75) is 21.3 Å². The molecule has 1 aliphatic rings. The Morgan fingerprint density at radius 2 is 0.584 bits per heavy atom. The van der Waals surface area contributed by atoms with Crippen LogP contribution in [0.1, 0.15) is 26.0 Å². The molecule has 0 radical (unpaired) electrons. The molecule has 1 aliphatic carbocycles. The van der Waals surface area contributed by atoms with Crippen molar-refractivity contribution in [2.75, 3.05) is 0 Å². The fraction of sp³-hybridized carbons (Fsp3) is 0.0361. The van der Waals surface area contributed by atoms with E-state index < -0.39 is 0 Å². The fourth-order valence-electron chi connectivity index (χ4n) is 14.0. The first-order valence-corrected chi connectivity index (χ1v) is 33.5. The Hall–Kier alpha value is -9.24. The van der Waals surface area contributed by atoms with E-state index in [2.05, 4.69) is 300 Å². The lowest BCUT2D eigenvalue weighted by atomic mass is 9.89. The summed E-state index contributed by atoms with van der Waals surface area (Å²) >= 11 is 11.6. The van der Waals surface area contributed by atoms with Gasteiger partial charge in [0.15, 0.2) is 0 Å². The SMILES string of the molecule is Brc1c2ccccc2c(-c2ccc3ccccc3c2)c2ccccc12.C.C.c1ccc2c3c(sc2c1)-c1sc2ccccc2c1C3.c1ccc2cc(-c3c4ccccc4c(-n4c5c6ccccc6sc5c5sc6ccccc6c54)c4ccccc34)ccc2c1. The summed E-state index contributed by atoms with van der Waals surface area (Å²) in [7, 11) is 0. The van der Waals surface area contributed by atoms with Crippen LogP contribution in [0.15, 0.2) is 284 Å². The third-order valence-corrected chi connectivity index (χ3v) is 23.7. The number of fused-ring (bicyclic) bond motifs is 20. The van der Waals surface area contributed by atoms with Crippen molar-refractivity contribution in [1.29, 1.82) is 0 Å². The number of hydrogen-bond donors (Lipinski definition) is 0. The third kappa shape index (κ3) is 8.71. The van der Waals surface area contributed by atoms with Crippen LogP contribution in [0.2, 0.25) is 0 Å². The van der Waals surface area contributed by atoms with E-state index >= 15 is 0 Å². The molecule has 424 valence electrons. The van der Waals surface area contributed by atoms with E-state index in [9.17, 15) is 0 Å². The predicted molar refractivity (Wildman–Crippen MR) is 401 cm³/mol. The molecule has 0 saturated heterocycles. The minimum Gasteiger partial charge on any atom is -0.305 e. The minimum atomic E-state index is 0. The topological polar surface area (TPSA) is 4.93 Å². The minimum absolute atomic E-state index is 0. The molecule has 0 bridgehead atoms. The summed E-state index contributed by atoms with van der Waals surface area (Å²) in [5, 5.41) is 20.8. The van der Waals surface area contributed by atoms with Crippen molar-refractivity contribution < 1.29 is 0 Å². The summed E-state index contributed by atoms with van der Waals surface area (Å²) in [4.78, 5) is 3.02. The average molecular weight is 1280 g/mol. The maximum absolute atomic E-state index is 3.83. The zero-order valence-electron chi connectivity index (χ0n) is 46.7. The Bertz CT molecular complexity index is 5750. The van der Waals surface area contributed by atoms with Gasteiger partial charge in [0.1, 0.15) is 0 Å². The van der Waals surface area contributed by atoms with Crippen LogP contribution in [0, 0.1) is 0 Å². The van der Waals surface area contributed by atoms with E-state index in [4.69, 9.17) is 0 Å². The molecule has 5 aromatic heterocycles. The number of halogens is 1. The molecular weight excluding hydrogens is 1220 g/mol. The summed E-state index contributed by atoms with van der Waals surface area (Å²) in [5.41, 5.74) is 12.1. The molecule has 0 aliphatic heterocycles. The molecule has 19 aromatic rings. The summed E-state index contributed by atoms with van der Waals surface area (Å²) < 4.78 is 12.1. The molecule has 0 N–H and O–H groups in total. The van der Waals surface area contributed by atoms with Gasteiger partial charge < -0.3 is 4.57 Å². The van der Waals surface area contributed by atoms with Crippen molar-refractivity contribution in [2.24, 2.45) is 0 Å². The molecule has 20 rings (SSSR count). The predicted octanol–water partition coefficient (Wildman–Crippen LogP) is 26.9. The lowest BCUT2D eigenvalue weighted by Gasteiger charge is -2.19. The lowest BCUT2D eigenvalue weighted by Crippen LogP contribution is -1.99. The number of rotatable bonds is 3. The van der Waals surface area contributed by atoms with Gasteiger partial charge in [-0.25, -0.2) is 0 Å². The zero-order valence-corrected chi connectivity index (χ0v) is 51.6. The highest BCUT2D eigenvalue weighted by atomic mass is 79.9. The van der Waals surface area contributed by atoms with Crippen molar-refractivity contribution in [3.05, 3.63) is 295 Å². The second kappa shape index (κ2) is 22.1. The Labute approximate surface area is 540 Å². The second-order valence-corrected chi connectivity index (χ2v) is 27.6. The van der Waals surface area contributed by atoms with Crippen LogP contribution in [0.5, 0.6) is 0 Å². The van der Waals surface area contributed by atoms with E-state index in [1.807, 2.05) is 45.3 Å². The molecule has 14 aromatic carbocycles. The summed E-state index contributed by atoms with van der Waals surface area (Å²) in [6.07, 6.45) is 1.11. The van der Waals surface area contributed by atoms with Crippen LogP contribution < -0.4 is 0 Å². The molecule has 6 heteroatoms. The van der Waals surface area contributed by atoms with Crippen molar-refractivity contribution in [3.63, 3.8) is 0 Å². The fourth-order valence-corrected chi connectivity index (χ4v) is 19.8. The van der Waals surface area contributed by atoms with Gasteiger partial charge in [-0.15, -0.1) is 45.3 Å². The Morgan fingerprint density at radius 1 is 0.281 bits per heavy atom. The molecular formula is C83H56BrNS4. The van der Waals surface area contributed by atoms with Crippen LogP contribution in [-0.2, 0) is 6.42 Å². The van der Waals surface area contributed by atoms with Gasteiger partial charge in [0.2, 0.25) is 0 Å². The normalized spacial score (nSPS) is 11.9. The molecule has 0 unspecified atom stereocenters. The Balaban J connectivity index is 0.000000117. The van der Waals surface area contributed by atoms with Crippen LogP contribution in [0.4, 0.5) is 0 Å². The van der Waals surface area contributed by atoms with Gasteiger partial charge in [-0.2, -0.15) is 0 Å². The molecule has 0 atom stereocenters. The number of hydrogen-bond acceptors (Lipinski definition) is 4. The van der Waals surface area contributed by atoms with Gasteiger partial charge in [-0.3, -0.25) is 0 Å². The monoisotopic (exact) mass is 1270 g/mol. The number of nitrogens with zero attached hydrogens (tertiary/aromatic N) is 1. The first-order valence-electron chi connectivity index (χ1n) is 29.4. The Morgan fingerprint density at radius 3 is 0.989 bits per heavy atom. The van der Waals surface area contributed by atoms with Gasteiger partial charge in [0.05, 0.1) is 26.1 Å². The largest absolute Gasteiger partial charge is 0.305 e. The maximum atomic E-state index is 3.83. The van der Waals surface area contributed by atoms with Crippen LogP contribution in [0.3, 0.4) is 0 Å². The lowest BCUT2D eigenvalue weighted by molar-refractivity contribution is 1.23. The quantitative estimate of drug-likeness (QED) is 0.155. The highest BCUT2D eigenvalue weighted by Gasteiger charge is 2.28. The number of benzene rings is 14. The van der Waals surface area contributed by atoms with Crippen molar-refractivity contribution in [1.82, 2.24) is 4.57 Å². The number of thiophene rings is 4. The van der Waals surface area contributed by atoms with Crippen LogP contribution in [0.25, 0.3) is 163 Å². The molecule has 1 nitrogen and oxygen atoms in total. The van der Waals surface area contributed by atoms with Gasteiger partial charge >= 0.3 is 0 Å². The number of aromatic nitrogens is 1. The first kappa shape index (κ1) is 55.1. The van der Waals surface area contributed by atoms with Crippen LogP contribution in [-0.4, -0.2) is 4.57 Å². The smallest absolute Gasteiger partial charge is 0.0737 e. The van der Waals surface area contributed by atoms with Gasteiger partial charge in [-0.1, -0.05) is 258 Å². The van der Waals surface area contributed by atoms with Crippen LogP contribution >= 0.6 is 61.3 Å². The molecule has 0 saturated carbocycles. The maximum Gasteiger partial charge on any atom is 0.0737 e. The summed E-state index contributed by atoms with van der Waals surface area (Å²) in [6.45, 7) is 0. The highest BCUT2D eigenvalue weighted by Crippen LogP contribution is 2.54. The van der Waals surface area contributed by atoms with E-state index in [-0.39, 0.29) is 14.9 Å². The molecule has 0 fully saturated rings.